The van der Waals surface area contributed by atoms with Gasteiger partial charge < -0.3 is 5.73 Å². The van der Waals surface area contributed by atoms with Crippen LogP contribution in [-0.2, 0) is 26.2 Å². The van der Waals surface area contributed by atoms with E-state index in [2.05, 4.69) is 15.2 Å². The smallest absolute Gasteiger partial charge is 0.364 e. The molecule has 0 atom stereocenters. The summed E-state index contributed by atoms with van der Waals surface area (Å²) in [6.07, 6.45) is 2.24. The molecular formula is C21H23F3N6O. The first-order valence-electron chi connectivity index (χ1n) is 10.2. The van der Waals surface area contributed by atoms with E-state index in [1.54, 1.807) is 23.9 Å². The van der Waals surface area contributed by atoms with Crippen molar-refractivity contribution in [2.24, 2.45) is 12.8 Å². The standard InChI is InChI=1S/C13H12F3N3.C8H11N3O/c14-13(15,16)12-7-9(4-5-17-12)11-8-10-3-1-2-6-19(10)18-11;1-11-7(8(9)12)4-6(10-11)5-2-3-5/h4-5,7-8H,1-3,6H2;4-5H,2-3H2,1H3,(H2,9,12). The topological polar surface area (TPSA) is 91.6 Å². The molecule has 10 heteroatoms. The van der Waals surface area contributed by atoms with Crippen molar-refractivity contribution in [3.63, 3.8) is 0 Å². The van der Waals surface area contributed by atoms with Gasteiger partial charge in [0.2, 0.25) is 0 Å². The zero-order valence-electron chi connectivity index (χ0n) is 17.1. The number of nitrogens with two attached hydrogens (primary N) is 1. The summed E-state index contributed by atoms with van der Waals surface area (Å²) in [6.45, 7) is 0.840. The molecule has 5 rings (SSSR count). The molecular weight excluding hydrogens is 409 g/mol. The van der Waals surface area contributed by atoms with E-state index in [0.29, 0.717) is 22.9 Å². The van der Waals surface area contributed by atoms with Crippen molar-refractivity contribution in [1.82, 2.24) is 24.5 Å². The van der Waals surface area contributed by atoms with Gasteiger partial charge in [-0.05, 0) is 56.4 Å². The van der Waals surface area contributed by atoms with Crippen LogP contribution in [0, 0.1) is 0 Å². The van der Waals surface area contributed by atoms with Crippen molar-refractivity contribution >= 4 is 5.91 Å². The van der Waals surface area contributed by atoms with E-state index >= 15 is 0 Å². The van der Waals surface area contributed by atoms with Crippen molar-refractivity contribution < 1.29 is 18.0 Å². The van der Waals surface area contributed by atoms with Gasteiger partial charge in [0.25, 0.3) is 5.91 Å². The molecule has 0 bridgehead atoms. The highest BCUT2D eigenvalue weighted by Gasteiger charge is 2.32. The second kappa shape index (κ2) is 8.16. The third-order valence-corrected chi connectivity index (χ3v) is 5.41. The molecule has 164 valence electrons. The molecule has 4 heterocycles. The fourth-order valence-corrected chi connectivity index (χ4v) is 3.60. The van der Waals surface area contributed by atoms with Crippen LogP contribution < -0.4 is 5.73 Å². The normalized spacial score (nSPS) is 15.7. The van der Waals surface area contributed by atoms with E-state index in [0.717, 1.165) is 43.3 Å². The summed E-state index contributed by atoms with van der Waals surface area (Å²) < 4.78 is 41.3. The minimum Gasteiger partial charge on any atom is -0.364 e. The van der Waals surface area contributed by atoms with E-state index in [9.17, 15) is 18.0 Å². The molecule has 1 fully saturated rings. The molecule has 0 saturated heterocycles. The van der Waals surface area contributed by atoms with Crippen LogP contribution in [0.2, 0.25) is 0 Å². The van der Waals surface area contributed by atoms with Crippen LogP contribution in [0.25, 0.3) is 11.3 Å². The Labute approximate surface area is 177 Å². The maximum absolute atomic E-state index is 12.6. The minimum absolute atomic E-state index is 0.406. The molecule has 2 N–H and O–H groups in total. The van der Waals surface area contributed by atoms with Crippen LogP contribution in [0.1, 0.15) is 59.2 Å². The third-order valence-electron chi connectivity index (χ3n) is 5.41. The molecule has 0 spiro atoms. The summed E-state index contributed by atoms with van der Waals surface area (Å²) in [5.41, 5.74) is 7.91. The van der Waals surface area contributed by atoms with E-state index in [4.69, 9.17) is 5.73 Å². The number of halogens is 3. The summed E-state index contributed by atoms with van der Waals surface area (Å²) in [6, 6.07) is 6.27. The van der Waals surface area contributed by atoms with E-state index in [1.807, 2.05) is 10.7 Å². The van der Waals surface area contributed by atoms with E-state index in [-0.39, 0.29) is 0 Å². The summed E-state index contributed by atoms with van der Waals surface area (Å²) >= 11 is 0. The quantitative estimate of drug-likeness (QED) is 0.683. The Balaban J connectivity index is 0.000000166. The highest BCUT2D eigenvalue weighted by molar-refractivity contribution is 5.91. The fraction of sp³-hybridized carbons (Fsp3) is 0.429. The molecule has 0 radical (unpaired) electrons. The second-order valence-corrected chi connectivity index (χ2v) is 7.85. The lowest BCUT2D eigenvalue weighted by atomic mass is 10.1. The van der Waals surface area contributed by atoms with Crippen LogP contribution in [0.3, 0.4) is 0 Å². The number of aryl methyl sites for hydroxylation is 3. The van der Waals surface area contributed by atoms with Crippen LogP contribution in [0.5, 0.6) is 0 Å². The van der Waals surface area contributed by atoms with Gasteiger partial charge in [0.15, 0.2) is 0 Å². The van der Waals surface area contributed by atoms with Crippen molar-refractivity contribution in [1.29, 1.82) is 0 Å². The van der Waals surface area contributed by atoms with Crippen LogP contribution in [0.15, 0.2) is 30.5 Å². The molecule has 31 heavy (non-hydrogen) atoms. The number of alkyl halides is 3. The Morgan fingerprint density at radius 2 is 1.94 bits per heavy atom. The molecule has 2 aliphatic rings. The lowest BCUT2D eigenvalue weighted by Gasteiger charge is -2.11. The van der Waals surface area contributed by atoms with Gasteiger partial charge >= 0.3 is 6.18 Å². The molecule has 1 aliphatic heterocycles. The Hall–Kier alpha value is -3.17. The highest BCUT2D eigenvalue weighted by atomic mass is 19.4. The maximum Gasteiger partial charge on any atom is 0.433 e. The van der Waals surface area contributed by atoms with E-state index < -0.39 is 17.8 Å². The predicted molar refractivity (Wildman–Crippen MR) is 107 cm³/mol. The molecule has 1 amide bonds. The van der Waals surface area contributed by atoms with Gasteiger partial charge in [0.05, 0.1) is 11.4 Å². The van der Waals surface area contributed by atoms with Gasteiger partial charge in [-0.1, -0.05) is 0 Å². The molecule has 3 aromatic heterocycles. The van der Waals surface area contributed by atoms with Gasteiger partial charge in [0.1, 0.15) is 11.4 Å². The lowest BCUT2D eigenvalue weighted by Crippen LogP contribution is -2.15. The fourth-order valence-electron chi connectivity index (χ4n) is 3.60. The number of aromatic nitrogens is 5. The second-order valence-electron chi connectivity index (χ2n) is 7.85. The highest BCUT2D eigenvalue weighted by Crippen LogP contribution is 2.39. The number of rotatable bonds is 3. The predicted octanol–water partition coefficient (Wildman–Crippen LogP) is 3.70. The molecule has 1 aliphatic carbocycles. The van der Waals surface area contributed by atoms with Crippen LogP contribution >= 0.6 is 0 Å². The van der Waals surface area contributed by atoms with Crippen LogP contribution in [0.4, 0.5) is 13.2 Å². The summed E-state index contributed by atoms with van der Waals surface area (Å²) in [5.74, 6) is 0.168. The zero-order valence-corrected chi connectivity index (χ0v) is 17.1. The molecule has 1 saturated carbocycles. The SMILES string of the molecule is Cn1nc(C2CC2)cc1C(N)=O.FC(F)(F)c1cc(-c2cc3n(n2)CCCC3)ccn1. The van der Waals surface area contributed by atoms with Crippen molar-refractivity contribution in [3.05, 3.63) is 53.2 Å². The van der Waals surface area contributed by atoms with Gasteiger partial charge in [-0.3, -0.25) is 19.1 Å². The molecule has 0 aromatic carbocycles. The molecule has 7 nitrogen and oxygen atoms in total. The average Bonchev–Trinajstić information content (AvgIpc) is 3.36. The number of hydrogen-bond acceptors (Lipinski definition) is 4. The largest absolute Gasteiger partial charge is 0.433 e. The first-order chi connectivity index (χ1) is 14.7. The molecule has 3 aromatic rings. The number of fused-ring (bicyclic) bond motifs is 1. The summed E-state index contributed by atoms with van der Waals surface area (Å²) in [7, 11) is 1.74. The number of pyridine rings is 1. The Morgan fingerprint density at radius 3 is 2.55 bits per heavy atom. The number of carbonyl (C=O) groups is 1. The van der Waals surface area contributed by atoms with Gasteiger partial charge in [-0.15, -0.1) is 0 Å². The zero-order chi connectivity index (χ0) is 22.2. The Bertz CT molecular complexity index is 1070. The summed E-state index contributed by atoms with van der Waals surface area (Å²) in [5, 5.41) is 8.58. The number of primary amides is 1. The van der Waals surface area contributed by atoms with Gasteiger partial charge in [-0.2, -0.15) is 23.4 Å². The van der Waals surface area contributed by atoms with Crippen molar-refractivity contribution in [3.8, 4) is 11.3 Å². The lowest BCUT2D eigenvalue weighted by molar-refractivity contribution is -0.141. The molecule has 0 unspecified atom stereocenters. The van der Waals surface area contributed by atoms with Gasteiger partial charge in [-0.25, -0.2) is 0 Å². The number of carbonyl (C=O) groups excluding carboxylic acids is 1. The van der Waals surface area contributed by atoms with E-state index in [1.165, 1.54) is 19.0 Å². The Morgan fingerprint density at radius 1 is 1.16 bits per heavy atom. The minimum atomic E-state index is -4.42. The first-order valence-corrected chi connectivity index (χ1v) is 10.2. The monoisotopic (exact) mass is 432 g/mol. The van der Waals surface area contributed by atoms with Crippen molar-refractivity contribution in [2.45, 2.75) is 50.7 Å². The van der Waals surface area contributed by atoms with Crippen LogP contribution in [-0.4, -0.2) is 30.5 Å². The van der Waals surface area contributed by atoms with Gasteiger partial charge in [0, 0.05) is 37.0 Å². The number of amides is 1. The third kappa shape index (κ3) is 4.78. The number of nitrogens with zero attached hydrogens (tertiary/aromatic N) is 5. The Kier molecular flexibility index (Phi) is 5.55. The number of hydrogen-bond donors (Lipinski definition) is 1. The van der Waals surface area contributed by atoms with Crippen molar-refractivity contribution in [2.75, 3.05) is 0 Å². The average molecular weight is 432 g/mol. The summed E-state index contributed by atoms with van der Waals surface area (Å²) in [4.78, 5) is 14.2. The first kappa shape index (κ1) is 21.1. The maximum atomic E-state index is 12.6.